The Hall–Kier alpha value is -2.51. The Bertz CT molecular complexity index is 575. The molecule has 0 aliphatic carbocycles. The van der Waals surface area contributed by atoms with Crippen molar-refractivity contribution in [3.8, 4) is 0 Å². The van der Waals surface area contributed by atoms with Crippen molar-refractivity contribution in [2.45, 2.75) is 19.4 Å². The molecule has 0 spiro atoms. The molecule has 8 heteroatoms. The summed E-state index contributed by atoms with van der Waals surface area (Å²) in [6.45, 7) is 1.32. The molecule has 1 aromatic carbocycles. The predicted molar refractivity (Wildman–Crippen MR) is 63.8 cm³/mol. The number of hydrogen-bond donors (Lipinski definition) is 3. The third-order valence-corrected chi connectivity index (χ3v) is 2.50. The molecule has 1 aromatic rings. The van der Waals surface area contributed by atoms with Gasteiger partial charge < -0.3 is 16.2 Å². The minimum Gasteiger partial charge on any atom is -0.480 e. The van der Waals surface area contributed by atoms with Gasteiger partial charge in [0.05, 0.1) is 12.0 Å². The number of carbonyl (C=O) groups is 3. The van der Waals surface area contributed by atoms with E-state index in [2.05, 4.69) is 0 Å². The van der Waals surface area contributed by atoms with Crippen molar-refractivity contribution in [2.24, 2.45) is 5.73 Å². The number of carbonyl (C=O) groups excluding carboxylic acids is 2. The number of nitrogens with one attached hydrogen (secondary N) is 1. The van der Waals surface area contributed by atoms with E-state index in [4.69, 9.17) is 10.8 Å². The van der Waals surface area contributed by atoms with E-state index in [1.165, 1.54) is 6.92 Å². The van der Waals surface area contributed by atoms with Crippen molar-refractivity contribution in [1.82, 2.24) is 5.32 Å². The normalized spacial score (nSPS) is 11.8. The maximum absolute atomic E-state index is 13.5. The first-order valence-corrected chi connectivity index (χ1v) is 5.50. The number of aliphatic carboxylic acids is 1. The predicted octanol–water partition coefficient (Wildman–Crippen LogP) is 0.332. The summed E-state index contributed by atoms with van der Waals surface area (Å²) >= 11 is 0. The van der Waals surface area contributed by atoms with Gasteiger partial charge in [0.1, 0.15) is 17.7 Å². The van der Waals surface area contributed by atoms with Crippen LogP contribution in [0.5, 0.6) is 0 Å². The molecule has 0 radical (unpaired) electrons. The van der Waals surface area contributed by atoms with E-state index >= 15 is 0 Å². The molecule has 0 heterocycles. The molecule has 0 saturated carbocycles. The Balaban J connectivity index is 2.97. The molecule has 0 fully saturated rings. The van der Waals surface area contributed by atoms with Crippen LogP contribution in [0.2, 0.25) is 0 Å². The molecular formula is C12H12F2N2O4. The molecule has 0 aromatic heterocycles. The van der Waals surface area contributed by atoms with E-state index < -0.39 is 47.4 Å². The Labute approximate surface area is 112 Å². The number of nitrogens with two attached hydrogens (primary N) is 1. The quantitative estimate of drug-likeness (QED) is 0.724. The Morgan fingerprint density at radius 1 is 1.30 bits per heavy atom. The summed E-state index contributed by atoms with van der Waals surface area (Å²) < 4.78 is 26.5. The van der Waals surface area contributed by atoms with Gasteiger partial charge in [-0.1, -0.05) is 0 Å². The fraction of sp³-hybridized carbons (Fsp3) is 0.250. The number of halogens is 2. The lowest BCUT2D eigenvalue weighted by atomic mass is 10.1. The van der Waals surface area contributed by atoms with E-state index in [0.29, 0.717) is 6.07 Å². The highest BCUT2D eigenvalue weighted by molar-refractivity contribution is 5.97. The fourth-order valence-electron chi connectivity index (χ4n) is 1.47. The van der Waals surface area contributed by atoms with Gasteiger partial charge in [-0.25, -0.2) is 13.6 Å². The molecule has 1 rings (SSSR count). The Morgan fingerprint density at radius 3 is 2.40 bits per heavy atom. The largest absolute Gasteiger partial charge is 0.480 e. The van der Waals surface area contributed by atoms with Crippen molar-refractivity contribution in [3.63, 3.8) is 0 Å². The standard InChI is InChI=1S/C12H12F2N2O4/c1-5-2-6(8(14)3-7(5)13)11(18)16-9(12(19)20)4-10(15)17/h2-3,9H,4H2,1H3,(H2,15,17)(H,16,18)(H,19,20). The van der Waals surface area contributed by atoms with E-state index in [9.17, 15) is 23.2 Å². The number of carboxylic acids is 1. The number of hydrogen-bond acceptors (Lipinski definition) is 3. The summed E-state index contributed by atoms with van der Waals surface area (Å²) in [5, 5.41) is 10.8. The van der Waals surface area contributed by atoms with Gasteiger partial charge in [-0.2, -0.15) is 0 Å². The second kappa shape index (κ2) is 6.09. The first kappa shape index (κ1) is 15.5. The Morgan fingerprint density at radius 2 is 1.90 bits per heavy atom. The zero-order valence-corrected chi connectivity index (χ0v) is 10.4. The molecule has 6 nitrogen and oxygen atoms in total. The first-order chi connectivity index (χ1) is 9.22. The number of aryl methyl sites for hydroxylation is 1. The van der Waals surface area contributed by atoms with Gasteiger partial charge in [0.15, 0.2) is 0 Å². The van der Waals surface area contributed by atoms with Gasteiger partial charge in [-0.15, -0.1) is 0 Å². The second-order valence-electron chi connectivity index (χ2n) is 4.12. The summed E-state index contributed by atoms with van der Waals surface area (Å²) in [6.07, 6.45) is -0.636. The van der Waals surface area contributed by atoms with Crippen LogP contribution in [0.1, 0.15) is 22.3 Å². The van der Waals surface area contributed by atoms with Gasteiger partial charge in [-0.05, 0) is 18.6 Å². The summed E-state index contributed by atoms with van der Waals surface area (Å²) in [4.78, 5) is 33.2. The monoisotopic (exact) mass is 286 g/mol. The number of benzene rings is 1. The van der Waals surface area contributed by atoms with E-state index in [1.807, 2.05) is 5.32 Å². The van der Waals surface area contributed by atoms with Crippen molar-refractivity contribution >= 4 is 17.8 Å². The van der Waals surface area contributed by atoms with Gasteiger partial charge in [0, 0.05) is 6.07 Å². The summed E-state index contributed by atoms with van der Waals surface area (Å²) in [6, 6.07) is -0.109. The maximum atomic E-state index is 13.5. The SMILES string of the molecule is Cc1cc(C(=O)NC(CC(N)=O)C(=O)O)c(F)cc1F. The molecule has 0 bridgehead atoms. The van der Waals surface area contributed by atoms with E-state index in [-0.39, 0.29) is 5.56 Å². The van der Waals surface area contributed by atoms with Crippen molar-refractivity contribution in [3.05, 3.63) is 34.9 Å². The topological polar surface area (TPSA) is 109 Å². The average molecular weight is 286 g/mol. The van der Waals surface area contributed by atoms with Crippen LogP contribution >= 0.6 is 0 Å². The van der Waals surface area contributed by atoms with Crippen LogP contribution in [0.3, 0.4) is 0 Å². The average Bonchev–Trinajstić information content (AvgIpc) is 2.32. The Kier molecular flexibility index (Phi) is 4.73. The molecular weight excluding hydrogens is 274 g/mol. The van der Waals surface area contributed by atoms with Crippen molar-refractivity contribution in [2.75, 3.05) is 0 Å². The number of carboxylic acid groups (broad SMARTS) is 1. The maximum Gasteiger partial charge on any atom is 0.326 e. The molecule has 0 aliphatic heterocycles. The third kappa shape index (κ3) is 3.74. The number of rotatable bonds is 5. The first-order valence-electron chi connectivity index (χ1n) is 5.50. The minimum absolute atomic E-state index is 0.0262. The number of amides is 2. The highest BCUT2D eigenvalue weighted by Crippen LogP contribution is 2.14. The van der Waals surface area contributed by atoms with E-state index in [1.54, 1.807) is 0 Å². The third-order valence-electron chi connectivity index (χ3n) is 2.50. The lowest BCUT2D eigenvalue weighted by Crippen LogP contribution is -2.43. The molecule has 4 N–H and O–H groups in total. The lowest BCUT2D eigenvalue weighted by molar-refractivity contribution is -0.140. The summed E-state index contributed by atoms with van der Waals surface area (Å²) in [5.41, 5.74) is 4.35. The van der Waals surface area contributed by atoms with Gasteiger partial charge in [0.2, 0.25) is 5.91 Å². The summed E-state index contributed by atoms with van der Waals surface area (Å²) in [7, 11) is 0. The highest BCUT2D eigenvalue weighted by atomic mass is 19.1. The second-order valence-corrected chi connectivity index (χ2v) is 4.12. The van der Waals surface area contributed by atoms with Crippen LogP contribution in [0.15, 0.2) is 12.1 Å². The molecule has 2 amide bonds. The molecule has 20 heavy (non-hydrogen) atoms. The lowest BCUT2D eigenvalue weighted by Gasteiger charge is -2.13. The zero-order chi connectivity index (χ0) is 15.4. The van der Waals surface area contributed by atoms with Crippen LogP contribution in [-0.4, -0.2) is 28.9 Å². The smallest absolute Gasteiger partial charge is 0.326 e. The van der Waals surface area contributed by atoms with Crippen LogP contribution in [-0.2, 0) is 9.59 Å². The molecule has 1 unspecified atom stereocenters. The highest BCUT2D eigenvalue weighted by Gasteiger charge is 2.24. The molecule has 1 atom stereocenters. The van der Waals surface area contributed by atoms with Gasteiger partial charge in [-0.3, -0.25) is 9.59 Å². The fourth-order valence-corrected chi connectivity index (χ4v) is 1.47. The van der Waals surface area contributed by atoms with Crippen LogP contribution < -0.4 is 11.1 Å². The van der Waals surface area contributed by atoms with Crippen molar-refractivity contribution in [1.29, 1.82) is 0 Å². The van der Waals surface area contributed by atoms with Crippen molar-refractivity contribution < 1.29 is 28.3 Å². The van der Waals surface area contributed by atoms with Gasteiger partial charge >= 0.3 is 5.97 Å². The minimum atomic E-state index is -1.58. The van der Waals surface area contributed by atoms with Crippen LogP contribution in [0, 0.1) is 18.6 Å². The van der Waals surface area contributed by atoms with Crippen LogP contribution in [0.25, 0.3) is 0 Å². The molecule has 0 aliphatic rings. The zero-order valence-electron chi connectivity index (χ0n) is 10.4. The number of primary amides is 1. The molecule has 108 valence electrons. The molecule has 0 saturated heterocycles. The van der Waals surface area contributed by atoms with Gasteiger partial charge in [0.25, 0.3) is 5.91 Å². The summed E-state index contributed by atoms with van der Waals surface area (Å²) in [5.74, 6) is -5.45. The van der Waals surface area contributed by atoms with Crippen LogP contribution in [0.4, 0.5) is 8.78 Å². The van der Waals surface area contributed by atoms with E-state index in [0.717, 1.165) is 6.07 Å².